The summed E-state index contributed by atoms with van der Waals surface area (Å²) in [5, 5.41) is 27.1. The Morgan fingerprint density at radius 3 is 2.67 bits per heavy atom. The number of aromatic carboxylic acids is 1. The van der Waals surface area contributed by atoms with E-state index < -0.39 is 12.1 Å². The maximum absolute atomic E-state index is 10.8. The predicted molar refractivity (Wildman–Crippen MR) is 54.5 cm³/mol. The Morgan fingerprint density at radius 2 is 2.13 bits per heavy atom. The number of carboxylic acid groups (broad SMARTS) is 1. The molecule has 1 unspecified atom stereocenters. The normalized spacial score (nSPS) is 12.4. The Kier molecular flexibility index (Phi) is 3.65. The van der Waals surface area contributed by atoms with Crippen LogP contribution in [-0.2, 0) is 0 Å². The summed E-state index contributed by atoms with van der Waals surface area (Å²) in [6, 6.07) is 4.20. The topological polar surface area (TPSA) is 104 Å². The van der Waals surface area contributed by atoms with E-state index in [1.807, 2.05) is 0 Å². The zero-order valence-electron chi connectivity index (χ0n) is 8.05. The second-order valence-electron chi connectivity index (χ2n) is 3.18. The van der Waals surface area contributed by atoms with Crippen LogP contribution < -0.4 is 5.73 Å². The lowest BCUT2D eigenvalue weighted by Crippen LogP contribution is -2.09. The van der Waals surface area contributed by atoms with Crippen molar-refractivity contribution >= 4 is 11.7 Å². The molecule has 0 heterocycles. The summed E-state index contributed by atoms with van der Waals surface area (Å²) in [4.78, 5) is 10.8. The lowest BCUT2D eigenvalue weighted by molar-refractivity contribution is 0.0685. The van der Waals surface area contributed by atoms with E-state index in [0.29, 0.717) is 5.69 Å². The molecule has 5 heteroatoms. The molecule has 0 aliphatic carbocycles. The fourth-order valence-electron chi connectivity index (χ4n) is 1.33. The van der Waals surface area contributed by atoms with Gasteiger partial charge in [-0.25, -0.2) is 4.79 Å². The van der Waals surface area contributed by atoms with Crippen molar-refractivity contribution in [3.8, 4) is 0 Å². The van der Waals surface area contributed by atoms with Gasteiger partial charge in [0.25, 0.3) is 0 Å². The van der Waals surface area contributed by atoms with Crippen LogP contribution in [0.2, 0.25) is 0 Å². The van der Waals surface area contributed by atoms with Crippen LogP contribution >= 0.6 is 0 Å². The van der Waals surface area contributed by atoms with E-state index in [1.165, 1.54) is 18.2 Å². The van der Waals surface area contributed by atoms with Crippen molar-refractivity contribution in [1.82, 2.24) is 0 Å². The number of benzene rings is 1. The monoisotopic (exact) mass is 211 g/mol. The minimum atomic E-state index is -1.12. The number of hydrogen-bond acceptors (Lipinski definition) is 4. The first-order chi connectivity index (χ1) is 7.06. The quantitative estimate of drug-likeness (QED) is 0.539. The Morgan fingerprint density at radius 1 is 1.47 bits per heavy atom. The van der Waals surface area contributed by atoms with Gasteiger partial charge in [-0.05, 0) is 23.8 Å². The largest absolute Gasteiger partial charge is 0.478 e. The number of carbonyl (C=O) groups is 1. The average Bonchev–Trinajstić information content (AvgIpc) is 2.17. The molecule has 0 bridgehead atoms. The van der Waals surface area contributed by atoms with E-state index >= 15 is 0 Å². The molecule has 0 saturated heterocycles. The zero-order chi connectivity index (χ0) is 11.4. The SMILES string of the molecule is Nc1ccc(C(=O)O)c(C(O)CCO)c1. The molecule has 0 amide bonds. The summed E-state index contributed by atoms with van der Waals surface area (Å²) in [6.45, 7) is -0.213. The van der Waals surface area contributed by atoms with Gasteiger partial charge in [0.1, 0.15) is 0 Å². The molecule has 1 rings (SSSR count). The smallest absolute Gasteiger partial charge is 0.336 e. The van der Waals surface area contributed by atoms with Crippen LogP contribution in [0.1, 0.15) is 28.4 Å². The number of anilines is 1. The van der Waals surface area contributed by atoms with Crippen LogP contribution in [-0.4, -0.2) is 27.9 Å². The van der Waals surface area contributed by atoms with Crippen molar-refractivity contribution in [2.75, 3.05) is 12.3 Å². The molecule has 0 fully saturated rings. The number of hydrogen-bond donors (Lipinski definition) is 4. The average molecular weight is 211 g/mol. The minimum Gasteiger partial charge on any atom is -0.478 e. The van der Waals surface area contributed by atoms with Gasteiger partial charge in [0, 0.05) is 18.7 Å². The first-order valence-electron chi connectivity index (χ1n) is 4.48. The standard InChI is InChI=1S/C10H13NO4/c11-6-1-2-7(10(14)15)8(5-6)9(13)3-4-12/h1-2,5,9,12-13H,3-4,11H2,(H,14,15). The first kappa shape index (κ1) is 11.5. The van der Waals surface area contributed by atoms with Crippen molar-refractivity contribution < 1.29 is 20.1 Å². The van der Waals surface area contributed by atoms with E-state index in [9.17, 15) is 9.90 Å². The van der Waals surface area contributed by atoms with E-state index in [2.05, 4.69) is 0 Å². The van der Waals surface area contributed by atoms with Crippen molar-refractivity contribution in [3.05, 3.63) is 29.3 Å². The fourth-order valence-corrected chi connectivity index (χ4v) is 1.33. The summed E-state index contributed by atoms with van der Waals surface area (Å²) in [7, 11) is 0. The fraction of sp³-hybridized carbons (Fsp3) is 0.300. The lowest BCUT2D eigenvalue weighted by Gasteiger charge is -2.12. The summed E-state index contributed by atoms with van der Waals surface area (Å²) < 4.78 is 0. The maximum Gasteiger partial charge on any atom is 0.336 e. The molecule has 5 N–H and O–H groups in total. The molecule has 1 aromatic carbocycles. The van der Waals surface area contributed by atoms with E-state index in [1.54, 1.807) is 0 Å². The van der Waals surface area contributed by atoms with Gasteiger partial charge in [-0.3, -0.25) is 0 Å². The van der Waals surface area contributed by atoms with Crippen molar-refractivity contribution in [2.24, 2.45) is 0 Å². The predicted octanol–water partition coefficient (Wildman–Crippen LogP) is 0.383. The Balaban J connectivity index is 3.12. The Labute approximate surface area is 86.8 Å². The number of rotatable bonds is 4. The second-order valence-corrected chi connectivity index (χ2v) is 3.18. The van der Waals surface area contributed by atoms with E-state index in [4.69, 9.17) is 15.9 Å². The molecule has 0 aliphatic heterocycles. The highest BCUT2D eigenvalue weighted by atomic mass is 16.4. The highest BCUT2D eigenvalue weighted by Crippen LogP contribution is 2.23. The molecular formula is C10H13NO4. The van der Waals surface area contributed by atoms with Crippen molar-refractivity contribution in [1.29, 1.82) is 0 Å². The highest BCUT2D eigenvalue weighted by Gasteiger charge is 2.16. The highest BCUT2D eigenvalue weighted by molar-refractivity contribution is 5.90. The van der Waals surface area contributed by atoms with E-state index in [0.717, 1.165) is 0 Å². The third-order valence-corrected chi connectivity index (χ3v) is 2.07. The Hall–Kier alpha value is -1.59. The van der Waals surface area contributed by atoms with Gasteiger partial charge >= 0.3 is 5.97 Å². The molecule has 1 atom stereocenters. The number of nitrogens with two attached hydrogens (primary N) is 1. The van der Waals surface area contributed by atoms with Gasteiger partial charge in [0.2, 0.25) is 0 Å². The van der Waals surface area contributed by atoms with Gasteiger partial charge in [-0.15, -0.1) is 0 Å². The molecular weight excluding hydrogens is 198 g/mol. The van der Waals surface area contributed by atoms with Gasteiger partial charge < -0.3 is 21.1 Å². The van der Waals surface area contributed by atoms with Crippen molar-refractivity contribution in [3.63, 3.8) is 0 Å². The maximum atomic E-state index is 10.8. The number of nitrogen functional groups attached to an aromatic ring is 1. The molecule has 0 aromatic heterocycles. The van der Waals surface area contributed by atoms with Crippen LogP contribution in [0.4, 0.5) is 5.69 Å². The van der Waals surface area contributed by atoms with Crippen LogP contribution in [0.5, 0.6) is 0 Å². The molecule has 0 spiro atoms. The van der Waals surface area contributed by atoms with Crippen molar-refractivity contribution in [2.45, 2.75) is 12.5 Å². The molecule has 0 aliphatic rings. The zero-order valence-corrected chi connectivity index (χ0v) is 8.05. The number of aliphatic hydroxyl groups is 2. The van der Waals surface area contributed by atoms with Gasteiger partial charge in [-0.1, -0.05) is 0 Å². The summed E-state index contributed by atoms with van der Waals surface area (Å²) in [5.74, 6) is -1.12. The van der Waals surface area contributed by atoms with Crippen LogP contribution in [0.25, 0.3) is 0 Å². The molecule has 82 valence electrons. The van der Waals surface area contributed by atoms with Gasteiger partial charge in [-0.2, -0.15) is 0 Å². The molecule has 0 radical (unpaired) electrons. The lowest BCUT2D eigenvalue weighted by atomic mass is 10.00. The minimum absolute atomic E-state index is 0.00477. The van der Waals surface area contributed by atoms with Crippen LogP contribution in [0.3, 0.4) is 0 Å². The molecule has 1 aromatic rings. The van der Waals surface area contributed by atoms with Gasteiger partial charge in [0.05, 0.1) is 11.7 Å². The summed E-state index contributed by atoms with van der Waals surface area (Å²) in [6.07, 6.45) is -0.923. The summed E-state index contributed by atoms with van der Waals surface area (Å²) in [5.41, 5.74) is 6.11. The molecule has 0 saturated carbocycles. The number of aliphatic hydroxyl groups excluding tert-OH is 2. The third kappa shape index (κ3) is 2.68. The Bertz CT molecular complexity index is 364. The molecule has 15 heavy (non-hydrogen) atoms. The number of carboxylic acids is 1. The van der Waals surface area contributed by atoms with Gasteiger partial charge in [0.15, 0.2) is 0 Å². The third-order valence-electron chi connectivity index (χ3n) is 2.07. The van der Waals surface area contributed by atoms with E-state index in [-0.39, 0.29) is 24.2 Å². The first-order valence-corrected chi connectivity index (χ1v) is 4.48. The van der Waals surface area contributed by atoms with Crippen LogP contribution in [0, 0.1) is 0 Å². The molecule has 5 nitrogen and oxygen atoms in total. The second kappa shape index (κ2) is 4.77. The van der Waals surface area contributed by atoms with Crippen LogP contribution in [0.15, 0.2) is 18.2 Å². The summed E-state index contributed by atoms with van der Waals surface area (Å²) >= 11 is 0.